The fraction of sp³-hybridized carbons (Fsp3) is 0.125. The van der Waals surface area contributed by atoms with E-state index in [1.54, 1.807) is 0 Å². The summed E-state index contributed by atoms with van der Waals surface area (Å²) in [6.07, 6.45) is 1.72. The van der Waals surface area contributed by atoms with Gasteiger partial charge < -0.3 is 4.52 Å². The Kier molecular flexibility index (Phi) is 3.36. The molecule has 1 heterocycles. The molecule has 19 heavy (non-hydrogen) atoms. The van der Waals surface area contributed by atoms with Crippen LogP contribution < -0.4 is 0 Å². The van der Waals surface area contributed by atoms with E-state index in [9.17, 15) is 0 Å². The average molecular weight is 250 g/mol. The van der Waals surface area contributed by atoms with Gasteiger partial charge >= 0.3 is 0 Å². The number of benzene rings is 2. The van der Waals surface area contributed by atoms with Gasteiger partial charge in [0.2, 0.25) is 0 Å². The first-order valence-corrected chi connectivity index (χ1v) is 6.34. The molecule has 2 aromatic carbocycles. The van der Waals surface area contributed by atoms with Gasteiger partial charge in [0.05, 0.1) is 0 Å². The van der Waals surface area contributed by atoms with E-state index in [1.165, 1.54) is 5.56 Å². The minimum atomic E-state index is 0.587. The molecule has 0 atom stereocenters. The molecule has 1 aromatic heterocycles. The normalized spacial score (nSPS) is 10.5. The smallest absolute Gasteiger partial charge is 0.257 e. The lowest BCUT2D eigenvalue weighted by atomic mass is 10.1. The van der Waals surface area contributed by atoms with Crippen LogP contribution >= 0.6 is 0 Å². The Balaban J connectivity index is 1.69. The molecular weight excluding hydrogens is 236 g/mol. The standard InChI is InChI=1S/C16H14N2O/c1-3-7-13(8-4-1)11-12-15-17-16(19-18-15)14-9-5-2-6-10-14/h1-10H,11-12H2. The van der Waals surface area contributed by atoms with Crippen molar-refractivity contribution in [1.29, 1.82) is 0 Å². The Morgan fingerprint density at radius 3 is 2.21 bits per heavy atom. The maximum atomic E-state index is 5.28. The summed E-state index contributed by atoms with van der Waals surface area (Å²) in [5.41, 5.74) is 2.24. The van der Waals surface area contributed by atoms with Crippen molar-refractivity contribution < 1.29 is 4.52 Å². The van der Waals surface area contributed by atoms with Crippen molar-refractivity contribution in [2.75, 3.05) is 0 Å². The van der Waals surface area contributed by atoms with E-state index in [4.69, 9.17) is 4.52 Å². The Labute approximate surface area is 111 Å². The lowest BCUT2D eigenvalue weighted by Crippen LogP contribution is -1.93. The Morgan fingerprint density at radius 2 is 1.47 bits per heavy atom. The van der Waals surface area contributed by atoms with Gasteiger partial charge in [-0.1, -0.05) is 53.7 Å². The Morgan fingerprint density at radius 1 is 0.789 bits per heavy atom. The number of rotatable bonds is 4. The van der Waals surface area contributed by atoms with Gasteiger partial charge in [-0.05, 0) is 24.1 Å². The summed E-state index contributed by atoms with van der Waals surface area (Å²) in [5, 5.41) is 4.02. The third-order valence-corrected chi connectivity index (χ3v) is 2.97. The van der Waals surface area contributed by atoms with Crippen LogP contribution in [0.15, 0.2) is 65.2 Å². The van der Waals surface area contributed by atoms with E-state index in [0.29, 0.717) is 5.89 Å². The number of aromatic nitrogens is 2. The van der Waals surface area contributed by atoms with Crippen LogP contribution in [0.3, 0.4) is 0 Å². The van der Waals surface area contributed by atoms with E-state index in [1.807, 2.05) is 48.5 Å². The first kappa shape index (κ1) is 11.7. The third kappa shape index (κ3) is 2.88. The van der Waals surface area contributed by atoms with Crippen molar-refractivity contribution in [3.05, 3.63) is 72.1 Å². The third-order valence-electron chi connectivity index (χ3n) is 2.97. The van der Waals surface area contributed by atoms with Crippen molar-refractivity contribution in [3.63, 3.8) is 0 Å². The summed E-state index contributed by atoms with van der Waals surface area (Å²) >= 11 is 0. The van der Waals surface area contributed by atoms with Gasteiger partial charge in [0.15, 0.2) is 5.82 Å². The van der Waals surface area contributed by atoms with E-state index in [-0.39, 0.29) is 0 Å². The van der Waals surface area contributed by atoms with Crippen molar-refractivity contribution in [3.8, 4) is 11.5 Å². The molecule has 3 aromatic rings. The first-order valence-electron chi connectivity index (χ1n) is 6.34. The molecule has 0 N–H and O–H groups in total. The predicted molar refractivity (Wildman–Crippen MR) is 73.6 cm³/mol. The SMILES string of the molecule is c1ccc(CCc2noc(-c3ccccc3)n2)cc1. The summed E-state index contributed by atoms with van der Waals surface area (Å²) < 4.78 is 5.28. The van der Waals surface area contributed by atoms with Crippen LogP contribution in [0, 0.1) is 0 Å². The lowest BCUT2D eigenvalue weighted by molar-refractivity contribution is 0.422. The summed E-state index contributed by atoms with van der Waals surface area (Å²) in [4.78, 5) is 4.42. The summed E-state index contributed by atoms with van der Waals surface area (Å²) in [6.45, 7) is 0. The van der Waals surface area contributed by atoms with Crippen molar-refractivity contribution in [2.45, 2.75) is 12.8 Å². The highest BCUT2D eigenvalue weighted by Crippen LogP contribution is 2.16. The zero-order valence-electron chi connectivity index (χ0n) is 10.5. The molecule has 0 aliphatic rings. The maximum Gasteiger partial charge on any atom is 0.257 e. The molecule has 0 amide bonds. The second-order valence-electron chi connectivity index (χ2n) is 4.37. The fourth-order valence-corrected chi connectivity index (χ4v) is 1.95. The molecule has 3 heteroatoms. The van der Waals surface area contributed by atoms with Crippen LogP contribution in [0.4, 0.5) is 0 Å². The fourth-order valence-electron chi connectivity index (χ4n) is 1.95. The van der Waals surface area contributed by atoms with Crippen LogP contribution in [0.2, 0.25) is 0 Å². The summed E-state index contributed by atoms with van der Waals surface area (Å²) in [5.74, 6) is 1.34. The molecule has 3 nitrogen and oxygen atoms in total. The molecule has 94 valence electrons. The molecule has 0 saturated carbocycles. The van der Waals surface area contributed by atoms with Gasteiger partial charge in [-0.3, -0.25) is 0 Å². The largest absolute Gasteiger partial charge is 0.334 e. The van der Waals surface area contributed by atoms with Gasteiger partial charge in [0, 0.05) is 12.0 Å². The van der Waals surface area contributed by atoms with Crippen molar-refractivity contribution >= 4 is 0 Å². The highest BCUT2D eigenvalue weighted by atomic mass is 16.5. The van der Waals surface area contributed by atoms with Crippen LogP contribution in [0.5, 0.6) is 0 Å². The van der Waals surface area contributed by atoms with Crippen molar-refractivity contribution in [1.82, 2.24) is 10.1 Å². The number of aryl methyl sites for hydroxylation is 2. The molecule has 0 aliphatic carbocycles. The highest BCUT2D eigenvalue weighted by molar-refractivity contribution is 5.51. The lowest BCUT2D eigenvalue weighted by Gasteiger charge is -1.96. The molecule has 0 radical (unpaired) electrons. The van der Waals surface area contributed by atoms with Crippen LogP contribution in [-0.4, -0.2) is 10.1 Å². The molecular formula is C16H14N2O. The monoisotopic (exact) mass is 250 g/mol. The van der Waals surface area contributed by atoms with E-state index < -0.39 is 0 Å². The van der Waals surface area contributed by atoms with Crippen LogP contribution in [-0.2, 0) is 12.8 Å². The minimum Gasteiger partial charge on any atom is -0.334 e. The number of nitrogens with zero attached hydrogens (tertiary/aromatic N) is 2. The topological polar surface area (TPSA) is 38.9 Å². The average Bonchev–Trinajstić information content (AvgIpc) is 2.96. The van der Waals surface area contributed by atoms with Crippen molar-refractivity contribution in [2.24, 2.45) is 0 Å². The zero-order chi connectivity index (χ0) is 12.9. The molecule has 0 spiro atoms. The van der Waals surface area contributed by atoms with E-state index in [0.717, 1.165) is 24.2 Å². The Hall–Kier alpha value is -2.42. The quantitative estimate of drug-likeness (QED) is 0.711. The molecule has 0 bridgehead atoms. The molecule has 3 rings (SSSR count). The predicted octanol–water partition coefficient (Wildman–Crippen LogP) is 3.52. The van der Waals surface area contributed by atoms with Crippen LogP contribution in [0.1, 0.15) is 11.4 Å². The second kappa shape index (κ2) is 5.48. The van der Waals surface area contributed by atoms with Gasteiger partial charge in [-0.15, -0.1) is 0 Å². The summed E-state index contributed by atoms with van der Waals surface area (Å²) in [7, 11) is 0. The first-order chi connectivity index (χ1) is 9.42. The summed E-state index contributed by atoms with van der Waals surface area (Å²) in [6, 6.07) is 20.1. The highest BCUT2D eigenvalue weighted by Gasteiger charge is 2.07. The van der Waals surface area contributed by atoms with Gasteiger partial charge in [0.25, 0.3) is 5.89 Å². The second-order valence-corrected chi connectivity index (χ2v) is 4.37. The van der Waals surface area contributed by atoms with Gasteiger partial charge in [-0.2, -0.15) is 4.98 Å². The molecule has 0 fully saturated rings. The Bertz CT molecular complexity index is 632. The van der Waals surface area contributed by atoms with Gasteiger partial charge in [-0.25, -0.2) is 0 Å². The molecule has 0 aliphatic heterocycles. The molecule has 0 unspecified atom stereocenters. The van der Waals surface area contributed by atoms with Gasteiger partial charge in [0.1, 0.15) is 0 Å². The maximum absolute atomic E-state index is 5.28. The zero-order valence-corrected chi connectivity index (χ0v) is 10.5. The molecule has 0 saturated heterocycles. The number of hydrogen-bond acceptors (Lipinski definition) is 3. The number of hydrogen-bond donors (Lipinski definition) is 0. The van der Waals surface area contributed by atoms with Crippen LogP contribution in [0.25, 0.3) is 11.5 Å². The minimum absolute atomic E-state index is 0.587. The van der Waals surface area contributed by atoms with E-state index >= 15 is 0 Å². The van der Waals surface area contributed by atoms with E-state index in [2.05, 4.69) is 22.3 Å².